The third-order valence-electron chi connectivity index (χ3n) is 2.60. The minimum absolute atomic E-state index is 0.0687. The van der Waals surface area contributed by atoms with Crippen molar-refractivity contribution in [3.8, 4) is 0 Å². The van der Waals surface area contributed by atoms with Gasteiger partial charge >= 0.3 is 0 Å². The van der Waals surface area contributed by atoms with Gasteiger partial charge in [0.25, 0.3) is 5.69 Å². The molecule has 0 saturated heterocycles. The van der Waals surface area contributed by atoms with E-state index in [0.717, 1.165) is 0 Å². The number of rotatable bonds is 4. The maximum Gasteiger partial charge on any atom is 0.284 e. The normalized spacial score (nSPS) is 10.3. The Hall–Kier alpha value is -1.85. The molecule has 0 amide bonds. The Balaban J connectivity index is 2.45. The van der Waals surface area contributed by atoms with Gasteiger partial charge in [-0.15, -0.1) is 0 Å². The van der Waals surface area contributed by atoms with Crippen LogP contribution in [0.2, 0.25) is 5.02 Å². The summed E-state index contributed by atoms with van der Waals surface area (Å²) < 4.78 is 0. The SMILES string of the molecule is CC(=O)c1ccccc1Sc1ccc(Cl)cc1[N+](=O)[O-]. The summed E-state index contributed by atoms with van der Waals surface area (Å²) >= 11 is 6.96. The van der Waals surface area contributed by atoms with E-state index in [1.165, 1.54) is 24.8 Å². The first-order chi connectivity index (χ1) is 9.49. The molecule has 6 heteroatoms. The minimum atomic E-state index is -0.482. The number of nitro groups is 1. The van der Waals surface area contributed by atoms with Gasteiger partial charge in [-0.25, -0.2) is 0 Å². The zero-order valence-electron chi connectivity index (χ0n) is 10.5. The van der Waals surface area contributed by atoms with E-state index in [-0.39, 0.29) is 11.5 Å². The molecule has 2 aromatic rings. The summed E-state index contributed by atoms with van der Waals surface area (Å²) in [5.41, 5.74) is 0.475. The number of nitrogens with zero attached hydrogens (tertiary/aromatic N) is 1. The first-order valence-corrected chi connectivity index (χ1v) is 6.90. The third-order valence-corrected chi connectivity index (χ3v) is 3.98. The van der Waals surface area contributed by atoms with Gasteiger partial charge in [-0.05, 0) is 25.1 Å². The van der Waals surface area contributed by atoms with Gasteiger partial charge in [0.2, 0.25) is 0 Å². The lowest BCUT2D eigenvalue weighted by atomic mass is 10.1. The van der Waals surface area contributed by atoms with Gasteiger partial charge in [-0.3, -0.25) is 14.9 Å². The van der Waals surface area contributed by atoms with Crippen molar-refractivity contribution in [3.05, 3.63) is 63.2 Å². The number of ketones is 1. The number of hydrogen-bond acceptors (Lipinski definition) is 4. The summed E-state index contributed by atoms with van der Waals surface area (Å²) in [6.07, 6.45) is 0. The van der Waals surface area contributed by atoms with Crippen LogP contribution in [0.1, 0.15) is 17.3 Å². The molecule has 0 aliphatic rings. The standard InChI is InChI=1S/C14H10ClNO3S/c1-9(17)11-4-2-3-5-13(11)20-14-7-6-10(15)8-12(14)16(18)19/h2-8H,1H3. The van der Waals surface area contributed by atoms with Crippen molar-refractivity contribution in [3.63, 3.8) is 0 Å². The first kappa shape index (κ1) is 14.6. The molecule has 0 unspecified atom stereocenters. The van der Waals surface area contributed by atoms with Gasteiger partial charge in [0.05, 0.1) is 9.82 Å². The van der Waals surface area contributed by atoms with E-state index < -0.39 is 4.92 Å². The Bertz CT molecular complexity index is 688. The van der Waals surface area contributed by atoms with Crippen LogP contribution < -0.4 is 0 Å². The van der Waals surface area contributed by atoms with Crippen LogP contribution in [0.15, 0.2) is 52.3 Å². The van der Waals surface area contributed by atoms with E-state index in [2.05, 4.69) is 0 Å². The van der Waals surface area contributed by atoms with Crippen LogP contribution in [0.4, 0.5) is 5.69 Å². The summed E-state index contributed by atoms with van der Waals surface area (Å²) in [7, 11) is 0. The highest BCUT2D eigenvalue weighted by atomic mass is 35.5. The number of Topliss-reactive ketones (excluding diaryl/α,β-unsaturated/α-hetero) is 1. The van der Waals surface area contributed by atoms with Crippen molar-refractivity contribution in [2.24, 2.45) is 0 Å². The lowest BCUT2D eigenvalue weighted by molar-refractivity contribution is -0.387. The molecule has 0 aliphatic carbocycles. The number of halogens is 1. The molecule has 0 fully saturated rings. The fourth-order valence-corrected chi connectivity index (χ4v) is 2.93. The molecule has 102 valence electrons. The van der Waals surface area contributed by atoms with Gasteiger partial charge in [-0.2, -0.15) is 0 Å². The van der Waals surface area contributed by atoms with E-state index >= 15 is 0 Å². The molecule has 0 radical (unpaired) electrons. The van der Waals surface area contributed by atoms with E-state index in [1.807, 2.05) is 0 Å². The lowest BCUT2D eigenvalue weighted by Gasteiger charge is -2.07. The second kappa shape index (κ2) is 6.07. The number of carbonyl (C=O) groups excluding carboxylic acids is 1. The Kier molecular flexibility index (Phi) is 4.42. The highest BCUT2D eigenvalue weighted by Crippen LogP contribution is 2.37. The quantitative estimate of drug-likeness (QED) is 0.470. The van der Waals surface area contributed by atoms with Gasteiger partial charge < -0.3 is 0 Å². The highest BCUT2D eigenvalue weighted by molar-refractivity contribution is 7.99. The van der Waals surface area contributed by atoms with Gasteiger partial charge in [-0.1, -0.05) is 41.6 Å². The summed E-state index contributed by atoms with van der Waals surface area (Å²) in [6.45, 7) is 1.47. The Morgan fingerprint density at radius 2 is 1.90 bits per heavy atom. The average molecular weight is 308 g/mol. The molecule has 2 rings (SSSR count). The number of hydrogen-bond donors (Lipinski definition) is 0. The molecule has 20 heavy (non-hydrogen) atoms. The first-order valence-electron chi connectivity index (χ1n) is 5.71. The van der Waals surface area contributed by atoms with Crippen molar-refractivity contribution >= 4 is 34.8 Å². The molecule has 0 atom stereocenters. The third kappa shape index (κ3) is 3.18. The van der Waals surface area contributed by atoms with Gasteiger partial charge in [0.15, 0.2) is 5.78 Å². The maximum atomic E-state index is 11.6. The Morgan fingerprint density at radius 3 is 2.55 bits per heavy atom. The van der Waals surface area contributed by atoms with Crippen molar-refractivity contribution in [1.29, 1.82) is 0 Å². The highest BCUT2D eigenvalue weighted by Gasteiger charge is 2.17. The fraction of sp³-hybridized carbons (Fsp3) is 0.0714. The molecule has 0 aromatic heterocycles. The van der Waals surface area contributed by atoms with E-state index in [4.69, 9.17) is 11.6 Å². The largest absolute Gasteiger partial charge is 0.294 e. The number of nitro benzene ring substituents is 1. The van der Waals surface area contributed by atoms with Crippen molar-refractivity contribution in [2.75, 3.05) is 0 Å². The second-order valence-corrected chi connectivity index (χ2v) is 5.54. The summed E-state index contributed by atoms with van der Waals surface area (Å²) in [5.74, 6) is -0.0790. The molecule has 0 saturated carbocycles. The molecule has 2 aromatic carbocycles. The molecular weight excluding hydrogens is 298 g/mol. The lowest BCUT2D eigenvalue weighted by Crippen LogP contribution is -1.95. The second-order valence-electron chi connectivity index (χ2n) is 4.02. The minimum Gasteiger partial charge on any atom is -0.294 e. The van der Waals surface area contributed by atoms with Crippen LogP contribution in [0.3, 0.4) is 0 Å². The van der Waals surface area contributed by atoms with Crippen LogP contribution in [0, 0.1) is 10.1 Å². The van der Waals surface area contributed by atoms with Crippen LogP contribution in [-0.4, -0.2) is 10.7 Å². The molecule has 4 nitrogen and oxygen atoms in total. The zero-order chi connectivity index (χ0) is 14.7. The summed E-state index contributed by atoms with van der Waals surface area (Å²) in [4.78, 5) is 23.3. The van der Waals surface area contributed by atoms with Crippen LogP contribution >= 0.6 is 23.4 Å². The van der Waals surface area contributed by atoms with Gasteiger partial charge in [0.1, 0.15) is 0 Å². The van der Waals surface area contributed by atoms with Crippen molar-refractivity contribution < 1.29 is 9.72 Å². The molecule has 0 spiro atoms. The average Bonchev–Trinajstić information content (AvgIpc) is 2.41. The topological polar surface area (TPSA) is 60.2 Å². The summed E-state index contributed by atoms with van der Waals surface area (Å²) in [5, 5.41) is 11.4. The predicted molar refractivity (Wildman–Crippen MR) is 78.7 cm³/mol. The Morgan fingerprint density at radius 1 is 1.20 bits per heavy atom. The maximum absolute atomic E-state index is 11.6. The van der Waals surface area contributed by atoms with Crippen molar-refractivity contribution in [1.82, 2.24) is 0 Å². The van der Waals surface area contributed by atoms with Crippen LogP contribution in [0.25, 0.3) is 0 Å². The smallest absolute Gasteiger partial charge is 0.284 e. The monoisotopic (exact) mass is 307 g/mol. The molecular formula is C14H10ClNO3S. The van der Waals surface area contributed by atoms with Crippen LogP contribution in [-0.2, 0) is 0 Å². The van der Waals surface area contributed by atoms with E-state index in [9.17, 15) is 14.9 Å². The predicted octanol–water partition coefficient (Wildman–Crippen LogP) is 4.60. The Labute approximate surface area is 124 Å². The van der Waals surface area contributed by atoms with Crippen molar-refractivity contribution in [2.45, 2.75) is 16.7 Å². The van der Waals surface area contributed by atoms with Gasteiger partial charge in [0, 0.05) is 21.5 Å². The molecule has 0 N–H and O–H groups in total. The molecule has 0 heterocycles. The van der Waals surface area contributed by atoms with Crippen LogP contribution in [0.5, 0.6) is 0 Å². The zero-order valence-corrected chi connectivity index (χ0v) is 12.1. The summed E-state index contributed by atoms with van der Waals surface area (Å²) in [6, 6.07) is 11.5. The van der Waals surface area contributed by atoms with E-state index in [0.29, 0.717) is 20.4 Å². The molecule has 0 aliphatic heterocycles. The number of benzene rings is 2. The molecule has 0 bridgehead atoms. The van der Waals surface area contributed by atoms with E-state index in [1.54, 1.807) is 36.4 Å². The fourth-order valence-electron chi connectivity index (χ4n) is 1.68. The number of carbonyl (C=O) groups is 1.